The minimum absolute atomic E-state index is 0.0961. The largest absolute Gasteiger partial charge is 0.419 e. The van der Waals surface area contributed by atoms with E-state index >= 15 is 0 Å². The van der Waals surface area contributed by atoms with E-state index in [0.717, 1.165) is 11.3 Å². The molecule has 0 aliphatic carbocycles. The number of hydrogen-bond donors (Lipinski definition) is 3. The zero-order chi connectivity index (χ0) is 17.9. The molecule has 2 atom stereocenters. The Morgan fingerprint density at radius 1 is 1.23 bits per heavy atom. The Bertz CT molecular complexity index is 888. The van der Waals surface area contributed by atoms with Crippen LogP contribution in [0.3, 0.4) is 0 Å². The third kappa shape index (κ3) is 3.37. The summed E-state index contributed by atoms with van der Waals surface area (Å²) in [4.78, 5) is 12.4. The van der Waals surface area contributed by atoms with Crippen LogP contribution in [0.15, 0.2) is 53.1 Å². The molecule has 0 bridgehead atoms. The fourth-order valence-electron chi connectivity index (χ4n) is 3.07. The third-order valence-electron chi connectivity index (χ3n) is 4.46. The lowest BCUT2D eigenvalue weighted by atomic mass is 10.1. The Morgan fingerprint density at radius 3 is 2.85 bits per heavy atom. The van der Waals surface area contributed by atoms with E-state index in [1.54, 1.807) is 0 Å². The summed E-state index contributed by atoms with van der Waals surface area (Å²) in [7, 11) is 1.99. The summed E-state index contributed by atoms with van der Waals surface area (Å²) in [5.41, 5.74) is 8.21. The molecule has 1 amide bonds. The maximum absolute atomic E-state index is 12.4. The van der Waals surface area contributed by atoms with Gasteiger partial charge in [0, 0.05) is 24.5 Å². The fraction of sp³-hybridized carbons (Fsp3) is 0.278. The number of carbonyl (C=O) groups is 1. The van der Waals surface area contributed by atoms with Gasteiger partial charge in [0.15, 0.2) is 0 Å². The molecule has 0 radical (unpaired) electrons. The summed E-state index contributed by atoms with van der Waals surface area (Å²) in [6, 6.07) is 13.3. The van der Waals surface area contributed by atoms with Gasteiger partial charge in [0.05, 0.1) is 12.6 Å². The molecule has 3 heterocycles. The molecule has 2 aromatic heterocycles. The molecule has 8 nitrogen and oxygen atoms in total. The van der Waals surface area contributed by atoms with Crippen LogP contribution < -0.4 is 16.2 Å². The number of benzene rings is 1. The van der Waals surface area contributed by atoms with Gasteiger partial charge >= 0.3 is 0 Å². The van der Waals surface area contributed by atoms with Crippen LogP contribution in [0.1, 0.15) is 24.0 Å². The summed E-state index contributed by atoms with van der Waals surface area (Å²) >= 11 is 0. The average molecular weight is 352 g/mol. The molecule has 1 saturated heterocycles. The van der Waals surface area contributed by atoms with Crippen molar-refractivity contribution in [2.24, 2.45) is 7.05 Å². The van der Waals surface area contributed by atoms with Crippen LogP contribution in [0.25, 0.3) is 11.5 Å². The van der Waals surface area contributed by atoms with E-state index < -0.39 is 0 Å². The molecule has 0 spiro atoms. The van der Waals surface area contributed by atoms with Crippen LogP contribution in [-0.2, 0) is 18.4 Å². The van der Waals surface area contributed by atoms with Gasteiger partial charge in [0.2, 0.25) is 17.7 Å². The Hall–Kier alpha value is -2.97. The Balaban J connectivity index is 1.32. The molecule has 4 rings (SSSR count). The highest BCUT2D eigenvalue weighted by molar-refractivity contribution is 5.82. The Kier molecular flexibility index (Phi) is 4.51. The van der Waals surface area contributed by atoms with Crippen molar-refractivity contribution < 1.29 is 9.21 Å². The summed E-state index contributed by atoms with van der Waals surface area (Å²) < 4.78 is 7.65. The van der Waals surface area contributed by atoms with Gasteiger partial charge in [-0.25, -0.2) is 10.9 Å². The summed E-state index contributed by atoms with van der Waals surface area (Å²) in [5, 5.41) is 10.8. The van der Waals surface area contributed by atoms with Crippen LogP contribution >= 0.6 is 0 Å². The molecule has 134 valence electrons. The zero-order valence-electron chi connectivity index (χ0n) is 14.3. The van der Waals surface area contributed by atoms with Gasteiger partial charge in [0.25, 0.3) is 0 Å². The standard InChI is InChI=1S/C18H20N6O2/c1-24-9-5-8-15(24)13-10-14(21-20-13)17(25)19-11-16-22-23-18(26-16)12-6-3-2-4-7-12/h2-9,13-14,20-21H,10-11H2,1H3,(H,19,25). The SMILES string of the molecule is Cn1cccc1C1CC(C(=O)NCc2nnc(-c3ccccc3)o2)NN1. The molecule has 26 heavy (non-hydrogen) atoms. The number of carbonyl (C=O) groups excluding carboxylic acids is 1. The number of aryl methyl sites for hydroxylation is 1. The van der Waals surface area contributed by atoms with Gasteiger partial charge < -0.3 is 14.3 Å². The Morgan fingerprint density at radius 2 is 2.08 bits per heavy atom. The van der Waals surface area contributed by atoms with Crippen molar-refractivity contribution in [2.75, 3.05) is 0 Å². The quantitative estimate of drug-likeness (QED) is 0.640. The molecule has 3 N–H and O–H groups in total. The molecule has 8 heteroatoms. The second-order valence-corrected chi connectivity index (χ2v) is 6.26. The lowest BCUT2D eigenvalue weighted by Gasteiger charge is -2.10. The first kappa shape index (κ1) is 16.5. The van der Waals surface area contributed by atoms with Crippen LogP contribution in [-0.4, -0.2) is 26.7 Å². The molecule has 3 aromatic rings. The topological polar surface area (TPSA) is 97.0 Å². The normalized spacial score (nSPS) is 19.6. The Labute approximate surface area is 150 Å². The highest BCUT2D eigenvalue weighted by atomic mass is 16.4. The predicted molar refractivity (Wildman–Crippen MR) is 94.4 cm³/mol. The fourth-order valence-corrected chi connectivity index (χ4v) is 3.07. The smallest absolute Gasteiger partial charge is 0.247 e. The maximum atomic E-state index is 12.4. The highest BCUT2D eigenvalue weighted by Gasteiger charge is 2.31. The van der Waals surface area contributed by atoms with E-state index in [1.165, 1.54) is 0 Å². The van der Waals surface area contributed by atoms with E-state index in [0.29, 0.717) is 18.2 Å². The number of nitrogens with zero attached hydrogens (tertiary/aromatic N) is 3. The van der Waals surface area contributed by atoms with Crippen molar-refractivity contribution in [3.05, 3.63) is 60.2 Å². The van der Waals surface area contributed by atoms with Gasteiger partial charge in [0.1, 0.15) is 6.04 Å². The summed E-state index contributed by atoms with van der Waals surface area (Å²) in [5.74, 6) is 0.718. The first-order valence-corrected chi connectivity index (χ1v) is 8.48. The van der Waals surface area contributed by atoms with Crippen molar-refractivity contribution in [1.82, 2.24) is 30.9 Å². The van der Waals surface area contributed by atoms with E-state index in [2.05, 4.69) is 26.4 Å². The summed E-state index contributed by atoms with van der Waals surface area (Å²) in [6.07, 6.45) is 2.66. The molecular formula is C18H20N6O2. The van der Waals surface area contributed by atoms with Crippen molar-refractivity contribution in [2.45, 2.75) is 25.0 Å². The monoisotopic (exact) mass is 352 g/mol. The minimum atomic E-state index is -0.314. The number of amides is 1. The highest BCUT2D eigenvalue weighted by Crippen LogP contribution is 2.22. The maximum Gasteiger partial charge on any atom is 0.247 e. The van der Waals surface area contributed by atoms with Crippen molar-refractivity contribution in [1.29, 1.82) is 0 Å². The van der Waals surface area contributed by atoms with Crippen molar-refractivity contribution in [3.8, 4) is 11.5 Å². The van der Waals surface area contributed by atoms with E-state index in [1.807, 2.05) is 60.3 Å². The van der Waals surface area contributed by atoms with Gasteiger partial charge in [-0.05, 0) is 30.7 Å². The van der Waals surface area contributed by atoms with E-state index in [9.17, 15) is 4.79 Å². The van der Waals surface area contributed by atoms with Crippen LogP contribution in [0, 0.1) is 0 Å². The van der Waals surface area contributed by atoms with Crippen molar-refractivity contribution in [3.63, 3.8) is 0 Å². The number of aromatic nitrogens is 3. The lowest BCUT2D eigenvalue weighted by molar-refractivity contribution is -0.123. The lowest BCUT2D eigenvalue weighted by Crippen LogP contribution is -2.42. The predicted octanol–water partition coefficient (Wildman–Crippen LogP) is 1.30. The van der Waals surface area contributed by atoms with E-state index in [4.69, 9.17) is 4.42 Å². The first-order chi connectivity index (χ1) is 12.7. The van der Waals surface area contributed by atoms with Crippen LogP contribution in [0.2, 0.25) is 0 Å². The molecular weight excluding hydrogens is 332 g/mol. The number of rotatable bonds is 5. The third-order valence-corrected chi connectivity index (χ3v) is 4.46. The molecule has 1 fully saturated rings. The van der Waals surface area contributed by atoms with Crippen LogP contribution in [0.5, 0.6) is 0 Å². The number of hydrazine groups is 1. The summed E-state index contributed by atoms with van der Waals surface area (Å²) in [6.45, 7) is 0.200. The second-order valence-electron chi connectivity index (χ2n) is 6.26. The first-order valence-electron chi connectivity index (χ1n) is 8.48. The average Bonchev–Trinajstić information content (AvgIpc) is 3.41. The van der Waals surface area contributed by atoms with Gasteiger partial charge in [-0.1, -0.05) is 18.2 Å². The number of hydrogen-bond acceptors (Lipinski definition) is 6. The zero-order valence-corrected chi connectivity index (χ0v) is 14.3. The minimum Gasteiger partial charge on any atom is -0.419 e. The second kappa shape index (κ2) is 7.11. The van der Waals surface area contributed by atoms with Crippen LogP contribution in [0.4, 0.5) is 0 Å². The molecule has 1 aliphatic heterocycles. The van der Waals surface area contributed by atoms with Gasteiger partial charge in [-0.3, -0.25) is 4.79 Å². The van der Waals surface area contributed by atoms with Crippen molar-refractivity contribution >= 4 is 5.91 Å². The van der Waals surface area contributed by atoms with Gasteiger partial charge in [-0.2, -0.15) is 0 Å². The molecule has 2 unspecified atom stereocenters. The van der Waals surface area contributed by atoms with E-state index in [-0.39, 0.29) is 24.5 Å². The number of nitrogens with one attached hydrogen (secondary N) is 3. The molecule has 1 aliphatic rings. The van der Waals surface area contributed by atoms with Gasteiger partial charge in [-0.15, -0.1) is 10.2 Å². The molecule has 1 aromatic carbocycles. The molecule has 0 saturated carbocycles.